The van der Waals surface area contributed by atoms with E-state index in [1.54, 1.807) is 6.07 Å². The van der Waals surface area contributed by atoms with Crippen molar-refractivity contribution in [3.63, 3.8) is 0 Å². The number of rotatable bonds is 3. The first-order valence-corrected chi connectivity index (χ1v) is 5.43. The fourth-order valence-corrected chi connectivity index (χ4v) is 1.27. The van der Waals surface area contributed by atoms with Gasteiger partial charge in [-0.2, -0.15) is 0 Å². The van der Waals surface area contributed by atoms with Crippen LogP contribution >= 0.6 is 0 Å². The van der Waals surface area contributed by atoms with Crippen LogP contribution in [0.4, 0.5) is 5.82 Å². The SMILES string of the molecule is CC(C)(C)c1cc(NC(=O)Cn2cnnn2)no1. The van der Waals surface area contributed by atoms with E-state index in [-0.39, 0.29) is 17.9 Å². The third-order valence-electron chi connectivity index (χ3n) is 2.21. The quantitative estimate of drug-likeness (QED) is 0.856. The molecule has 0 aliphatic heterocycles. The van der Waals surface area contributed by atoms with Gasteiger partial charge in [-0.3, -0.25) is 4.79 Å². The highest BCUT2D eigenvalue weighted by Crippen LogP contribution is 2.24. The zero-order valence-electron chi connectivity index (χ0n) is 10.4. The largest absolute Gasteiger partial charge is 0.359 e. The maximum absolute atomic E-state index is 11.6. The second-order valence-electron chi connectivity index (χ2n) is 4.88. The summed E-state index contributed by atoms with van der Waals surface area (Å²) in [6.45, 7) is 6.03. The number of nitrogens with one attached hydrogen (secondary N) is 1. The van der Waals surface area contributed by atoms with E-state index in [2.05, 4.69) is 26.0 Å². The van der Waals surface area contributed by atoms with E-state index in [4.69, 9.17) is 4.52 Å². The van der Waals surface area contributed by atoms with Gasteiger partial charge in [-0.05, 0) is 10.4 Å². The summed E-state index contributed by atoms with van der Waals surface area (Å²) >= 11 is 0. The molecule has 0 spiro atoms. The van der Waals surface area contributed by atoms with Crippen LogP contribution in [0.3, 0.4) is 0 Å². The van der Waals surface area contributed by atoms with Crippen molar-refractivity contribution in [1.82, 2.24) is 25.4 Å². The van der Waals surface area contributed by atoms with Crippen LogP contribution in [0.2, 0.25) is 0 Å². The molecule has 2 aromatic heterocycles. The molecule has 0 radical (unpaired) electrons. The lowest BCUT2D eigenvalue weighted by molar-refractivity contribution is -0.117. The number of amides is 1. The average Bonchev–Trinajstić information content (AvgIpc) is 2.87. The van der Waals surface area contributed by atoms with E-state index in [9.17, 15) is 4.79 Å². The highest BCUT2D eigenvalue weighted by Gasteiger charge is 2.20. The maximum Gasteiger partial charge on any atom is 0.247 e. The van der Waals surface area contributed by atoms with Crippen LogP contribution < -0.4 is 5.32 Å². The van der Waals surface area contributed by atoms with Crippen molar-refractivity contribution in [2.75, 3.05) is 5.32 Å². The lowest BCUT2D eigenvalue weighted by atomic mass is 9.93. The van der Waals surface area contributed by atoms with E-state index < -0.39 is 0 Å². The van der Waals surface area contributed by atoms with Gasteiger partial charge in [0.1, 0.15) is 18.6 Å². The van der Waals surface area contributed by atoms with Crippen LogP contribution in [-0.4, -0.2) is 31.3 Å². The number of carbonyl (C=O) groups excluding carboxylic acids is 1. The Bertz CT molecular complexity index is 525. The number of hydrogen-bond donors (Lipinski definition) is 1. The summed E-state index contributed by atoms with van der Waals surface area (Å²) in [5.74, 6) is 0.828. The Morgan fingerprint density at radius 3 is 2.83 bits per heavy atom. The zero-order valence-corrected chi connectivity index (χ0v) is 10.4. The van der Waals surface area contributed by atoms with Crippen molar-refractivity contribution in [3.05, 3.63) is 18.2 Å². The molecule has 8 heteroatoms. The van der Waals surface area contributed by atoms with Crippen LogP contribution in [0.25, 0.3) is 0 Å². The van der Waals surface area contributed by atoms with Gasteiger partial charge in [-0.25, -0.2) is 4.68 Å². The summed E-state index contributed by atoms with van der Waals surface area (Å²) in [6.07, 6.45) is 1.36. The summed E-state index contributed by atoms with van der Waals surface area (Å²) in [4.78, 5) is 11.6. The molecule has 0 aliphatic rings. The average molecular weight is 250 g/mol. The lowest BCUT2D eigenvalue weighted by Gasteiger charge is -2.11. The Balaban J connectivity index is 1.97. The Labute approximate surface area is 103 Å². The molecule has 2 heterocycles. The maximum atomic E-state index is 11.6. The zero-order chi connectivity index (χ0) is 13.2. The highest BCUT2D eigenvalue weighted by atomic mass is 16.5. The number of tetrazole rings is 1. The molecule has 0 atom stereocenters. The summed E-state index contributed by atoms with van der Waals surface area (Å²) in [5, 5.41) is 16.9. The van der Waals surface area contributed by atoms with E-state index in [0.717, 1.165) is 0 Å². The Hall–Kier alpha value is -2.25. The number of aromatic nitrogens is 5. The fourth-order valence-electron chi connectivity index (χ4n) is 1.27. The third kappa shape index (κ3) is 2.90. The molecule has 0 unspecified atom stereocenters. The second kappa shape index (κ2) is 4.55. The molecule has 2 aromatic rings. The van der Waals surface area contributed by atoms with Crippen LogP contribution in [0, 0.1) is 0 Å². The Kier molecular flexibility index (Phi) is 3.09. The predicted molar refractivity (Wildman–Crippen MR) is 61.6 cm³/mol. The van der Waals surface area contributed by atoms with Crippen LogP contribution in [0.1, 0.15) is 26.5 Å². The van der Waals surface area contributed by atoms with E-state index >= 15 is 0 Å². The first kappa shape index (κ1) is 12.2. The molecule has 0 aromatic carbocycles. The molecule has 1 N–H and O–H groups in total. The van der Waals surface area contributed by atoms with Gasteiger partial charge in [0.25, 0.3) is 0 Å². The lowest BCUT2D eigenvalue weighted by Crippen LogP contribution is -2.19. The van der Waals surface area contributed by atoms with Gasteiger partial charge in [-0.1, -0.05) is 25.9 Å². The standard InChI is InChI=1S/C10H14N6O2/c1-10(2,3)7-4-8(13-18-7)12-9(17)5-16-6-11-14-15-16/h4,6H,5H2,1-3H3,(H,12,13,17). The Morgan fingerprint density at radius 2 is 2.28 bits per heavy atom. The molecule has 0 fully saturated rings. The van der Waals surface area contributed by atoms with Gasteiger partial charge < -0.3 is 9.84 Å². The monoisotopic (exact) mass is 250 g/mol. The molecule has 2 rings (SSSR count). The van der Waals surface area contributed by atoms with Crippen molar-refractivity contribution >= 4 is 11.7 Å². The van der Waals surface area contributed by atoms with Gasteiger partial charge in [0.15, 0.2) is 5.82 Å². The van der Waals surface area contributed by atoms with Crippen LogP contribution in [0.5, 0.6) is 0 Å². The van der Waals surface area contributed by atoms with Crippen molar-refractivity contribution in [2.24, 2.45) is 0 Å². The van der Waals surface area contributed by atoms with E-state index in [1.807, 2.05) is 20.8 Å². The summed E-state index contributed by atoms with van der Waals surface area (Å²) in [6, 6.07) is 1.71. The van der Waals surface area contributed by atoms with Crippen molar-refractivity contribution in [2.45, 2.75) is 32.7 Å². The van der Waals surface area contributed by atoms with Gasteiger partial charge in [0.05, 0.1) is 0 Å². The van der Waals surface area contributed by atoms with Crippen molar-refractivity contribution in [1.29, 1.82) is 0 Å². The molecule has 0 saturated carbocycles. The number of hydrogen-bond acceptors (Lipinski definition) is 6. The third-order valence-corrected chi connectivity index (χ3v) is 2.21. The summed E-state index contributed by atoms with van der Waals surface area (Å²) < 4.78 is 6.47. The van der Waals surface area contributed by atoms with Crippen molar-refractivity contribution in [3.8, 4) is 0 Å². The Morgan fingerprint density at radius 1 is 1.50 bits per heavy atom. The van der Waals surface area contributed by atoms with E-state index in [1.165, 1.54) is 11.0 Å². The first-order chi connectivity index (χ1) is 8.45. The van der Waals surface area contributed by atoms with Gasteiger partial charge >= 0.3 is 0 Å². The molecule has 1 amide bonds. The van der Waals surface area contributed by atoms with Gasteiger partial charge in [0, 0.05) is 11.5 Å². The van der Waals surface area contributed by atoms with Crippen LogP contribution in [0.15, 0.2) is 16.9 Å². The molecule has 0 saturated heterocycles. The number of anilines is 1. The minimum Gasteiger partial charge on any atom is -0.359 e. The second-order valence-corrected chi connectivity index (χ2v) is 4.88. The smallest absolute Gasteiger partial charge is 0.247 e. The number of carbonyl (C=O) groups is 1. The van der Waals surface area contributed by atoms with E-state index in [0.29, 0.717) is 11.6 Å². The first-order valence-electron chi connectivity index (χ1n) is 5.43. The molecular weight excluding hydrogens is 236 g/mol. The number of nitrogens with zero attached hydrogens (tertiary/aromatic N) is 5. The fraction of sp³-hybridized carbons (Fsp3) is 0.500. The minimum atomic E-state index is -0.268. The summed E-state index contributed by atoms with van der Waals surface area (Å²) in [5.41, 5.74) is -0.147. The molecule has 0 aliphatic carbocycles. The molecule has 8 nitrogen and oxygen atoms in total. The molecule has 18 heavy (non-hydrogen) atoms. The van der Waals surface area contributed by atoms with Crippen molar-refractivity contribution < 1.29 is 9.32 Å². The topological polar surface area (TPSA) is 98.7 Å². The normalized spacial score (nSPS) is 11.5. The van der Waals surface area contributed by atoms with Gasteiger partial charge in [0.2, 0.25) is 5.91 Å². The minimum absolute atomic E-state index is 0.0325. The van der Waals surface area contributed by atoms with Crippen LogP contribution in [-0.2, 0) is 16.8 Å². The molecular formula is C10H14N6O2. The molecule has 96 valence electrons. The highest BCUT2D eigenvalue weighted by molar-refractivity contribution is 5.89. The molecule has 0 bridgehead atoms. The predicted octanol–water partition coefficient (Wildman–Crippen LogP) is 0.597. The van der Waals surface area contributed by atoms with Gasteiger partial charge in [-0.15, -0.1) is 5.10 Å². The summed E-state index contributed by atoms with van der Waals surface area (Å²) in [7, 11) is 0.